The number of nitrogens with zero attached hydrogens (tertiary/aromatic N) is 1. The minimum absolute atomic E-state index is 0. The van der Waals surface area contributed by atoms with Gasteiger partial charge in [-0.25, -0.2) is 22.0 Å². The molecule has 1 heterocycles. The van der Waals surface area contributed by atoms with Crippen LogP contribution in [-0.2, 0) is 5.75 Å². The quantitative estimate of drug-likeness (QED) is 0.115. The number of para-hydroxylation sites is 1. The Kier molecular flexibility index (Phi) is 7.97. The summed E-state index contributed by atoms with van der Waals surface area (Å²) in [6, 6.07) is 16.2. The third-order valence-electron chi connectivity index (χ3n) is 4.48. The Bertz CT molecular complexity index is 1220. The van der Waals surface area contributed by atoms with Crippen LogP contribution in [0.25, 0.3) is 16.1 Å². The van der Waals surface area contributed by atoms with E-state index in [-0.39, 0.29) is 17.0 Å². The first-order chi connectivity index (χ1) is 14.9. The maximum atomic E-state index is 14.2. The van der Waals surface area contributed by atoms with Gasteiger partial charge in [0.25, 0.3) is 5.03 Å². The number of thiazole rings is 1. The molecule has 0 radical (unpaired) electrons. The van der Waals surface area contributed by atoms with Crippen molar-refractivity contribution in [2.24, 2.45) is 0 Å². The molecule has 0 aliphatic carbocycles. The molecule has 32 heavy (non-hydrogen) atoms. The minimum atomic E-state index is -2.17. The zero-order valence-electron chi connectivity index (χ0n) is 15.9. The van der Waals surface area contributed by atoms with Crippen molar-refractivity contribution < 1.29 is 43.5 Å². The van der Waals surface area contributed by atoms with E-state index in [0.29, 0.717) is 10.0 Å². The van der Waals surface area contributed by atoms with Gasteiger partial charge in [0, 0.05) is 28.5 Å². The number of benzene rings is 3. The fourth-order valence-corrected chi connectivity index (χ4v) is 5.43. The van der Waals surface area contributed by atoms with E-state index in [0.717, 1.165) is 27.9 Å². The summed E-state index contributed by atoms with van der Waals surface area (Å²) in [5.74, 6) is -10.2. The van der Waals surface area contributed by atoms with Crippen molar-refractivity contribution in [3.63, 3.8) is 0 Å². The maximum absolute atomic E-state index is 14.2. The average molecular weight is 565 g/mol. The molecule has 4 rings (SSSR count). The van der Waals surface area contributed by atoms with Crippen molar-refractivity contribution in [2.45, 2.75) is 10.8 Å². The summed E-state index contributed by atoms with van der Waals surface area (Å²) in [7, 11) is 0. The molecule has 4 aromatic rings. The summed E-state index contributed by atoms with van der Waals surface area (Å²) in [5.41, 5.74) is 2.55. The van der Waals surface area contributed by atoms with E-state index in [1.807, 2.05) is 40.4 Å². The lowest BCUT2D eigenvalue weighted by atomic mass is 10.2. The molecule has 10 heteroatoms. The molecule has 1 aromatic heterocycles. The first-order valence-corrected chi connectivity index (χ1v) is 11.1. The second-order valence-electron chi connectivity index (χ2n) is 6.41. The summed E-state index contributed by atoms with van der Waals surface area (Å²) in [4.78, 5) is 0.773. The van der Waals surface area contributed by atoms with E-state index in [1.54, 1.807) is 24.3 Å². The maximum Gasteiger partial charge on any atom is 0.265 e. The molecule has 0 N–H and O–H groups in total. The molecule has 0 aliphatic rings. The summed E-state index contributed by atoms with van der Waals surface area (Å²) in [5, 5.41) is 1.15. The van der Waals surface area contributed by atoms with Gasteiger partial charge < -0.3 is 17.0 Å². The van der Waals surface area contributed by atoms with E-state index in [4.69, 9.17) is 11.6 Å². The van der Waals surface area contributed by atoms with Gasteiger partial charge in [0.05, 0.1) is 0 Å². The third kappa shape index (κ3) is 4.71. The molecule has 166 valence electrons. The van der Waals surface area contributed by atoms with Crippen LogP contribution in [-0.4, -0.2) is 0 Å². The molecule has 0 atom stereocenters. The predicted molar refractivity (Wildman–Crippen MR) is 112 cm³/mol. The summed E-state index contributed by atoms with van der Waals surface area (Å²) < 4.78 is 70.7. The van der Waals surface area contributed by atoms with Gasteiger partial charge in [-0.3, -0.25) is 0 Å². The van der Waals surface area contributed by atoms with Gasteiger partial charge in [-0.15, -0.1) is 4.57 Å². The average Bonchev–Trinajstić information content (AvgIpc) is 3.21. The second kappa shape index (κ2) is 10.3. The van der Waals surface area contributed by atoms with Crippen molar-refractivity contribution in [1.29, 1.82) is 0 Å². The monoisotopic (exact) mass is 563 g/mol. The Morgan fingerprint density at radius 1 is 0.781 bits per heavy atom. The lowest BCUT2D eigenvalue weighted by Gasteiger charge is -2.08. The van der Waals surface area contributed by atoms with E-state index in [9.17, 15) is 22.0 Å². The highest BCUT2D eigenvalue weighted by Gasteiger charge is 2.29. The lowest BCUT2D eigenvalue weighted by Crippen LogP contribution is -3.00. The van der Waals surface area contributed by atoms with E-state index < -0.39 is 40.4 Å². The molecule has 0 fully saturated rings. The zero-order valence-corrected chi connectivity index (χ0v) is 19.9. The Morgan fingerprint density at radius 2 is 1.34 bits per heavy atom. The van der Waals surface area contributed by atoms with Gasteiger partial charge in [-0.2, -0.15) is 0 Å². The molecular formula is C22H12BrClF5NS2. The molecule has 0 saturated carbocycles. The highest BCUT2D eigenvalue weighted by Crippen LogP contribution is 2.37. The Labute approximate surface area is 204 Å². The number of hydrogen-bond donors (Lipinski definition) is 0. The van der Waals surface area contributed by atoms with Crippen LogP contribution < -0.4 is 21.5 Å². The fourth-order valence-electron chi connectivity index (χ4n) is 2.93. The Morgan fingerprint density at radius 3 is 1.94 bits per heavy atom. The van der Waals surface area contributed by atoms with Crippen molar-refractivity contribution in [1.82, 2.24) is 0 Å². The number of aromatic nitrogens is 1. The molecule has 1 nitrogen and oxygen atoms in total. The second-order valence-corrected chi connectivity index (χ2v) is 8.66. The standard InChI is InChI=1S/C22H12ClF5NS2.BrH/c23-13-8-6-12(7-9-13)21-22(29(11-31-21)14-4-2-1-3-5-14)30-10-15-16(24)18(26)20(28)19(27)17(15)25;/h1-9,11H,10H2;1H/q+1;/p-1. The number of thioether (sulfide) groups is 1. The van der Waals surface area contributed by atoms with Crippen molar-refractivity contribution in [3.05, 3.63) is 99.8 Å². The molecule has 0 bridgehead atoms. The Hall–Kier alpha value is -1.94. The lowest BCUT2D eigenvalue weighted by molar-refractivity contribution is -0.629. The topological polar surface area (TPSA) is 3.88 Å². The summed E-state index contributed by atoms with van der Waals surface area (Å²) in [6.45, 7) is 0. The molecule has 0 amide bonds. The Balaban J connectivity index is 0.00000289. The third-order valence-corrected chi connectivity index (χ3v) is 6.95. The number of hydrogen-bond acceptors (Lipinski definition) is 2. The van der Waals surface area contributed by atoms with Gasteiger partial charge >= 0.3 is 0 Å². The van der Waals surface area contributed by atoms with Crippen molar-refractivity contribution in [2.75, 3.05) is 0 Å². The SMILES string of the molecule is Fc1c(F)c(F)c(CSc2c(-c3ccc(Cl)cc3)sc[n+]2-c2ccccc2)c(F)c1F.[Br-]. The van der Waals surface area contributed by atoms with Crippen LogP contribution in [0.5, 0.6) is 0 Å². The minimum Gasteiger partial charge on any atom is -1.00 e. The molecular weight excluding hydrogens is 553 g/mol. The first kappa shape index (κ1) is 24.7. The van der Waals surface area contributed by atoms with Crippen LogP contribution in [0.1, 0.15) is 5.56 Å². The molecule has 3 aromatic carbocycles. The highest BCUT2D eigenvalue weighted by atomic mass is 79.9. The van der Waals surface area contributed by atoms with Crippen LogP contribution in [0, 0.1) is 29.1 Å². The van der Waals surface area contributed by atoms with Crippen LogP contribution in [0.4, 0.5) is 22.0 Å². The van der Waals surface area contributed by atoms with Crippen LogP contribution in [0.15, 0.2) is 65.1 Å². The van der Waals surface area contributed by atoms with Crippen molar-refractivity contribution >= 4 is 34.7 Å². The highest BCUT2D eigenvalue weighted by molar-refractivity contribution is 7.98. The van der Waals surface area contributed by atoms with Crippen molar-refractivity contribution in [3.8, 4) is 16.1 Å². The van der Waals surface area contributed by atoms with E-state index >= 15 is 0 Å². The normalized spacial score (nSPS) is 10.8. The number of rotatable bonds is 5. The molecule has 0 unspecified atom stereocenters. The summed E-state index contributed by atoms with van der Waals surface area (Å²) in [6.07, 6.45) is 0. The van der Waals surface area contributed by atoms with Gasteiger partial charge in [0.15, 0.2) is 23.3 Å². The molecule has 0 spiro atoms. The van der Waals surface area contributed by atoms with Gasteiger partial charge in [-0.1, -0.05) is 65.0 Å². The predicted octanol–water partition coefficient (Wildman–Crippen LogP) is 4.34. The van der Waals surface area contributed by atoms with Gasteiger partial charge in [0.2, 0.25) is 17.0 Å². The van der Waals surface area contributed by atoms with Crippen LogP contribution >= 0.6 is 34.7 Å². The van der Waals surface area contributed by atoms with E-state index in [2.05, 4.69) is 0 Å². The number of halogens is 7. The van der Waals surface area contributed by atoms with Crippen LogP contribution in [0.2, 0.25) is 5.02 Å². The molecule has 0 aliphatic heterocycles. The van der Waals surface area contributed by atoms with E-state index in [1.165, 1.54) is 11.3 Å². The molecule has 0 saturated heterocycles. The summed E-state index contributed by atoms with van der Waals surface area (Å²) >= 11 is 8.34. The smallest absolute Gasteiger partial charge is 0.265 e. The zero-order chi connectivity index (χ0) is 22.1. The first-order valence-electron chi connectivity index (χ1n) is 8.86. The van der Waals surface area contributed by atoms with Gasteiger partial charge in [0.1, 0.15) is 4.88 Å². The fraction of sp³-hybridized carbons (Fsp3) is 0.0455. The largest absolute Gasteiger partial charge is 1.00 e. The van der Waals surface area contributed by atoms with Gasteiger partial charge in [-0.05, 0) is 17.7 Å². The van der Waals surface area contributed by atoms with Crippen LogP contribution in [0.3, 0.4) is 0 Å².